The highest BCUT2D eigenvalue weighted by atomic mass is 32.1. The first-order valence-corrected chi connectivity index (χ1v) is 7.27. The first kappa shape index (κ1) is 13.7. The lowest BCUT2D eigenvalue weighted by Gasteiger charge is -2.17. The third kappa shape index (κ3) is 2.76. The fraction of sp³-hybridized carbons (Fsp3) is 0.0526. The summed E-state index contributed by atoms with van der Waals surface area (Å²) in [6.07, 6.45) is 4.57. The summed E-state index contributed by atoms with van der Waals surface area (Å²) in [5, 5.41) is 0. The van der Waals surface area contributed by atoms with E-state index in [2.05, 4.69) is 0 Å². The third-order valence-electron chi connectivity index (χ3n) is 3.48. The molecule has 0 saturated heterocycles. The van der Waals surface area contributed by atoms with Crippen molar-refractivity contribution in [3.63, 3.8) is 0 Å². The number of thiocarbonyl (C=S) groups is 1. The summed E-state index contributed by atoms with van der Waals surface area (Å²) in [5.74, 6) is 0.0211. The van der Waals surface area contributed by atoms with Gasteiger partial charge in [0, 0.05) is 28.0 Å². The first-order valence-electron chi connectivity index (χ1n) is 6.86. The summed E-state index contributed by atoms with van der Waals surface area (Å²) in [6, 6.07) is 19.2. The Morgan fingerprint density at radius 2 is 1.52 bits per heavy atom. The number of allylic oxidation sites excluding steroid dienone is 4. The summed E-state index contributed by atoms with van der Waals surface area (Å²) in [6.45, 7) is 0. The van der Waals surface area contributed by atoms with Crippen molar-refractivity contribution in [3.05, 3.63) is 89.5 Å². The topological polar surface area (TPSA) is 17.1 Å². The maximum Gasteiger partial charge on any atom is 0.193 e. The van der Waals surface area contributed by atoms with Crippen LogP contribution in [-0.2, 0) is 0 Å². The van der Waals surface area contributed by atoms with Gasteiger partial charge < -0.3 is 0 Å². The lowest BCUT2D eigenvalue weighted by atomic mass is 9.87. The normalized spacial score (nSPS) is 14.4. The number of hydrogen-bond acceptors (Lipinski definition) is 2. The fourth-order valence-corrected chi connectivity index (χ4v) is 2.80. The van der Waals surface area contributed by atoms with E-state index in [1.54, 1.807) is 0 Å². The molecule has 0 fully saturated rings. The quantitative estimate of drug-likeness (QED) is 0.604. The van der Waals surface area contributed by atoms with E-state index in [-0.39, 0.29) is 5.78 Å². The summed E-state index contributed by atoms with van der Waals surface area (Å²) in [7, 11) is 0. The van der Waals surface area contributed by atoms with Gasteiger partial charge in [-0.25, -0.2) is 0 Å². The molecule has 1 aliphatic carbocycles. The molecule has 0 heterocycles. The van der Waals surface area contributed by atoms with Crippen LogP contribution in [0.3, 0.4) is 0 Å². The van der Waals surface area contributed by atoms with Gasteiger partial charge >= 0.3 is 0 Å². The minimum Gasteiger partial charge on any atom is -0.289 e. The molecule has 1 aliphatic rings. The van der Waals surface area contributed by atoms with Crippen LogP contribution in [0.15, 0.2) is 78.4 Å². The van der Waals surface area contributed by atoms with E-state index in [9.17, 15) is 4.79 Å². The maximum absolute atomic E-state index is 12.8. The van der Waals surface area contributed by atoms with Crippen LogP contribution in [0.2, 0.25) is 0 Å². The number of carbonyl (C=O) groups excluding carboxylic acids is 1. The highest BCUT2D eigenvalue weighted by Crippen LogP contribution is 2.29. The zero-order valence-electron chi connectivity index (χ0n) is 11.5. The van der Waals surface area contributed by atoms with Gasteiger partial charge in [0.25, 0.3) is 0 Å². The molecule has 0 aliphatic heterocycles. The van der Waals surface area contributed by atoms with Gasteiger partial charge in [0.1, 0.15) is 0 Å². The van der Waals surface area contributed by atoms with Crippen LogP contribution in [0.5, 0.6) is 0 Å². The van der Waals surface area contributed by atoms with E-state index in [1.165, 1.54) is 0 Å². The van der Waals surface area contributed by atoms with Crippen molar-refractivity contribution in [3.8, 4) is 0 Å². The van der Waals surface area contributed by atoms with E-state index < -0.39 is 0 Å². The molecule has 0 bridgehead atoms. The molecule has 2 heteroatoms. The van der Waals surface area contributed by atoms with E-state index in [4.69, 9.17) is 12.2 Å². The summed E-state index contributed by atoms with van der Waals surface area (Å²) in [4.78, 5) is 13.6. The molecule has 0 radical (unpaired) electrons. The Morgan fingerprint density at radius 3 is 2.19 bits per heavy atom. The lowest BCUT2D eigenvalue weighted by Crippen LogP contribution is -2.12. The second-order valence-corrected chi connectivity index (χ2v) is 5.37. The molecule has 21 heavy (non-hydrogen) atoms. The zero-order chi connectivity index (χ0) is 14.7. The monoisotopic (exact) mass is 290 g/mol. The summed E-state index contributed by atoms with van der Waals surface area (Å²) < 4.78 is 0. The van der Waals surface area contributed by atoms with Gasteiger partial charge in [0.2, 0.25) is 0 Å². The van der Waals surface area contributed by atoms with E-state index in [0.717, 1.165) is 16.0 Å². The Hall–Kier alpha value is -2.32. The van der Waals surface area contributed by atoms with Gasteiger partial charge in [-0.1, -0.05) is 85.0 Å². The van der Waals surface area contributed by atoms with Crippen LogP contribution in [-0.4, -0.2) is 10.6 Å². The smallest absolute Gasteiger partial charge is 0.193 e. The first-order chi connectivity index (χ1) is 10.3. The van der Waals surface area contributed by atoms with Crippen LogP contribution in [0.4, 0.5) is 0 Å². The molecule has 2 aromatic carbocycles. The Bertz CT molecular complexity index is 740. The molecule has 0 amide bonds. The predicted octanol–water partition coefficient (Wildman–Crippen LogP) is 4.65. The average molecular weight is 290 g/mol. The van der Waals surface area contributed by atoms with E-state index in [1.807, 2.05) is 72.8 Å². The zero-order valence-corrected chi connectivity index (χ0v) is 12.3. The van der Waals surface area contributed by atoms with Gasteiger partial charge in [-0.05, 0) is 5.56 Å². The van der Waals surface area contributed by atoms with E-state index >= 15 is 0 Å². The van der Waals surface area contributed by atoms with Crippen molar-refractivity contribution in [1.82, 2.24) is 0 Å². The van der Waals surface area contributed by atoms with Crippen LogP contribution >= 0.6 is 12.2 Å². The number of Topliss-reactive ketones (excluding diaryl/α,β-unsaturated/α-hetero) is 1. The van der Waals surface area contributed by atoms with E-state index in [0.29, 0.717) is 17.6 Å². The van der Waals surface area contributed by atoms with Crippen LogP contribution in [0.25, 0.3) is 5.57 Å². The Kier molecular flexibility index (Phi) is 3.89. The molecule has 1 nitrogen and oxygen atoms in total. The van der Waals surface area contributed by atoms with Gasteiger partial charge in [-0.2, -0.15) is 0 Å². The van der Waals surface area contributed by atoms with Gasteiger partial charge in [-0.15, -0.1) is 0 Å². The highest BCUT2D eigenvalue weighted by Gasteiger charge is 2.21. The number of hydrogen-bond donors (Lipinski definition) is 0. The van der Waals surface area contributed by atoms with Gasteiger partial charge in [0.15, 0.2) is 5.78 Å². The van der Waals surface area contributed by atoms with Crippen LogP contribution in [0, 0.1) is 0 Å². The van der Waals surface area contributed by atoms with Crippen molar-refractivity contribution in [2.45, 2.75) is 6.42 Å². The molecule has 0 unspecified atom stereocenters. The second kappa shape index (κ2) is 5.98. The third-order valence-corrected chi connectivity index (χ3v) is 3.85. The molecule has 0 aromatic heterocycles. The van der Waals surface area contributed by atoms with Crippen molar-refractivity contribution < 1.29 is 4.79 Å². The summed E-state index contributed by atoms with van der Waals surface area (Å²) >= 11 is 5.49. The maximum atomic E-state index is 12.8. The van der Waals surface area contributed by atoms with Crippen molar-refractivity contribution in [2.24, 2.45) is 0 Å². The van der Waals surface area contributed by atoms with Crippen LogP contribution < -0.4 is 0 Å². The number of benzene rings is 2. The molecular weight excluding hydrogens is 276 g/mol. The number of ketones is 1. The highest BCUT2D eigenvalue weighted by molar-refractivity contribution is 7.81. The standard InChI is InChI=1S/C19H14OS/c20-19(15-10-5-2-6-11-15)16-12-7-13-17(21)18(16)14-8-3-1-4-9-14/h1-12H,13H2. The molecule has 2 aromatic rings. The number of carbonyl (C=O) groups is 1. The molecule has 3 rings (SSSR count). The number of rotatable bonds is 3. The molecule has 0 spiro atoms. The van der Waals surface area contributed by atoms with Crippen molar-refractivity contribution >= 4 is 28.4 Å². The lowest BCUT2D eigenvalue weighted by molar-refractivity contribution is 0.103. The average Bonchev–Trinajstić information content (AvgIpc) is 2.55. The molecule has 0 saturated carbocycles. The fourth-order valence-electron chi connectivity index (χ4n) is 2.47. The largest absolute Gasteiger partial charge is 0.289 e. The Labute approximate surface area is 129 Å². The Morgan fingerprint density at radius 1 is 0.905 bits per heavy atom. The van der Waals surface area contributed by atoms with Crippen molar-refractivity contribution in [1.29, 1.82) is 0 Å². The molecule has 102 valence electrons. The minimum absolute atomic E-state index is 0.0211. The SMILES string of the molecule is O=C(C1=C(c2ccccc2)C(=S)CC=C1)c1ccccc1. The van der Waals surface area contributed by atoms with Gasteiger partial charge in [0.05, 0.1) is 0 Å². The minimum atomic E-state index is 0.0211. The van der Waals surface area contributed by atoms with Crippen molar-refractivity contribution in [2.75, 3.05) is 0 Å². The second-order valence-electron chi connectivity index (χ2n) is 4.88. The van der Waals surface area contributed by atoms with Crippen LogP contribution in [0.1, 0.15) is 22.3 Å². The molecular formula is C19H14OS. The Balaban J connectivity index is 2.14. The van der Waals surface area contributed by atoms with Gasteiger partial charge in [-0.3, -0.25) is 4.79 Å². The predicted molar refractivity (Wildman–Crippen MR) is 90.5 cm³/mol. The molecule has 0 atom stereocenters. The molecule has 0 N–H and O–H groups in total. The summed E-state index contributed by atoms with van der Waals surface area (Å²) in [5.41, 5.74) is 3.27.